The molecule has 1 saturated heterocycles. The molecule has 5 rings (SSSR count). The van der Waals surface area contributed by atoms with Crippen LogP contribution in [0, 0.1) is 12.8 Å². The fourth-order valence-corrected chi connectivity index (χ4v) is 4.85. The number of amidine groups is 1. The highest BCUT2D eigenvalue weighted by atomic mass is 15.7. The van der Waals surface area contributed by atoms with Crippen molar-refractivity contribution in [2.24, 2.45) is 16.8 Å². The zero-order valence-electron chi connectivity index (χ0n) is 20.2. The van der Waals surface area contributed by atoms with E-state index in [9.17, 15) is 0 Å². The largest absolute Gasteiger partial charge is 0.352 e. The van der Waals surface area contributed by atoms with E-state index >= 15 is 0 Å². The first-order valence-electron chi connectivity index (χ1n) is 12.1. The number of fused-ring (bicyclic) bond motifs is 1. The van der Waals surface area contributed by atoms with Gasteiger partial charge in [0, 0.05) is 48.7 Å². The van der Waals surface area contributed by atoms with Crippen LogP contribution in [0.4, 0.5) is 0 Å². The summed E-state index contributed by atoms with van der Waals surface area (Å²) in [5.74, 6) is 8.94. The average Bonchev–Trinajstić information content (AvgIpc) is 3.20. The highest BCUT2D eigenvalue weighted by Gasteiger charge is 2.29. The number of hydrogen-bond acceptors (Lipinski definition) is 7. The first-order chi connectivity index (χ1) is 16.5. The molecule has 8 nitrogen and oxygen atoms in total. The third kappa shape index (κ3) is 4.64. The van der Waals surface area contributed by atoms with Crippen LogP contribution in [0.1, 0.15) is 37.1 Å². The van der Waals surface area contributed by atoms with Crippen molar-refractivity contribution in [1.29, 1.82) is 0 Å². The first kappa shape index (κ1) is 22.4. The number of nitrogens with one attached hydrogen (secondary N) is 3. The van der Waals surface area contributed by atoms with Crippen molar-refractivity contribution in [1.82, 2.24) is 31.0 Å². The predicted octanol–water partition coefficient (Wildman–Crippen LogP) is 3.04. The smallest absolute Gasteiger partial charge is 0.155 e. The zero-order chi connectivity index (χ0) is 23.7. The molecule has 0 saturated carbocycles. The monoisotopic (exact) mass is 458 g/mol. The molecule has 0 aliphatic carbocycles. The second-order valence-corrected chi connectivity index (χ2v) is 9.68. The second-order valence-electron chi connectivity index (χ2n) is 9.68. The number of aliphatic imine (C=N–C) groups is 1. The van der Waals surface area contributed by atoms with Gasteiger partial charge in [-0.25, -0.2) is 16.0 Å². The molecule has 34 heavy (non-hydrogen) atoms. The van der Waals surface area contributed by atoms with Gasteiger partial charge in [-0.1, -0.05) is 44.2 Å². The Morgan fingerprint density at radius 1 is 1.15 bits per heavy atom. The Morgan fingerprint density at radius 3 is 2.76 bits per heavy atom. The lowest BCUT2D eigenvalue weighted by Gasteiger charge is -2.40. The van der Waals surface area contributed by atoms with E-state index in [0.29, 0.717) is 18.4 Å². The molecular weight excluding hydrogens is 424 g/mol. The molecule has 8 heteroatoms. The molecule has 5 N–H and O–H groups in total. The number of nitrogens with zero attached hydrogens (tertiary/aromatic N) is 4. The number of aryl methyl sites for hydroxylation is 1. The van der Waals surface area contributed by atoms with Crippen LogP contribution in [0.2, 0.25) is 0 Å². The fraction of sp³-hybridized carbons (Fsp3) is 0.385. The molecule has 2 aromatic carbocycles. The molecule has 0 unspecified atom stereocenters. The average molecular weight is 459 g/mol. The lowest BCUT2D eigenvalue weighted by atomic mass is 10.0. The van der Waals surface area contributed by atoms with Crippen molar-refractivity contribution < 1.29 is 0 Å². The Balaban J connectivity index is 1.54. The summed E-state index contributed by atoms with van der Waals surface area (Å²) in [6, 6.07) is 17.0. The van der Waals surface area contributed by atoms with Gasteiger partial charge in [0.25, 0.3) is 0 Å². The molecule has 0 bridgehead atoms. The Labute approximate surface area is 200 Å². The Morgan fingerprint density at radius 2 is 1.97 bits per heavy atom. The molecule has 0 spiro atoms. The first-order valence-corrected chi connectivity index (χ1v) is 12.1. The summed E-state index contributed by atoms with van der Waals surface area (Å²) in [6.45, 7) is 9.32. The predicted molar refractivity (Wildman–Crippen MR) is 137 cm³/mol. The molecule has 3 heterocycles. The van der Waals surface area contributed by atoms with Gasteiger partial charge in [0.15, 0.2) is 11.7 Å². The minimum atomic E-state index is 0.434. The van der Waals surface area contributed by atoms with E-state index in [4.69, 9.17) is 10.8 Å². The SMILES string of the molecule is Cc1[nH]nc2ccc(C3=NC(N4CCN[C@@H](CC(C)C)C4)=C(Cc4ccccc4)N(N)N3)cc12. The zero-order valence-corrected chi connectivity index (χ0v) is 20.2. The quantitative estimate of drug-likeness (QED) is 0.424. The summed E-state index contributed by atoms with van der Waals surface area (Å²) >= 11 is 0. The molecule has 3 aromatic rings. The van der Waals surface area contributed by atoms with Gasteiger partial charge in [0.05, 0.1) is 11.2 Å². The van der Waals surface area contributed by atoms with E-state index in [2.05, 4.69) is 70.0 Å². The highest BCUT2D eigenvalue weighted by Crippen LogP contribution is 2.25. The van der Waals surface area contributed by atoms with E-state index in [1.807, 2.05) is 25.1 Å². The van der Waals surface area contributed by atoms with Gasteiger partial charge >= 0.3 is 0 Å². The number of H-pyrrole nitrogens is 1. The van der Waals surface area contributed by atoms with E-state index in [0.717, 1.165) is 65.6 Å². The molecule has 0 radical (unpaired) electrons. The number of hydrazine groups is 2. The maximum atomic E-state index is 6.61. The number of rotatable bonds is 6. The van der Waals surface area contributed by atoms with Crippen molar-refractivity contribution in [2.45, 2.75) is 39.7 Å². The third-order valence-corrected chi connectivity index (χ3v) is 6.54. The Bertz CT molecular complexity index is 1210. The number of hydrogen-bond donors (Lipinski definition) is 4. The topological polar surface area (TPSA) is 97.6 Å². The van der Waals surface area contributed by atoms with Crippen LogP contribution >= 0.6 is 0 Å². The van der Waals surface area contributed by atoms with Gasteiger partial charge in [-0.2, -0.15) is 5.10 Å². The minimum Gasteiger partial charge on any atom is -0.352 e. The number of aromatic nitrogens is 2. The van der Waals surface area contributed by atoms with Gasteiger partial charge in [0.2, 0.25) is 0 Å². The van der Waals surface area contributed by atoms with Crippen molar-refractivity contribution >= 4 is 16.7 Å². The number of benzene rings is 2. The normalized spacial score (nSPS) is 19.1. The lowest BCUT2D eigenvalue weighted by molar-refractivity contribution is 0.204. The number of piperazine rings is 1. The summed E-state index contributed by atoms with van der Waals surface area (Å²) in [6.07, 6.45) is 1.84. The fourth-order valence-electron chi connectivity index (χ4n) is 4.85. The van der Waals surface area contributed by atoms with Crippen molar-refractivity contribution in [3.05, 3.63) is 76.9 Å². The molecule has 0 amide bonds. The minimum absolute atomic E-state index is 0.434. The summed E-state index contributed by atoms with van der Waals surface area (Å²) in [5.41, 5.74) is 8.47. The number of aromatic amines is 1. The van der Waals surface area contributed by atoms with Gasteiger partial charge in [-0.05, 0) is 43.0 Å². The van der Waals surface area contributed by atoms with Crippen LogP contribution in [0.25, 0.3) is 10.9 Å². The van der Waals surface area contributed by atoms with E-state index in [-0.39, 0.29) is 0 Å². The summed E-state index contributed by atoms with van der Waals surface area (Å²) < 4.78 is 0. The van der Waals surface area contributed by atoms with Crippen LogP contribution in [0.5, 0.6) is 0 Å². The maximum absolute atomic E-state index is 6.61. The molecule has 178 valence electrons. The summed E-state index contributed by atoms with van der Waals surface area (Å²) in [7, 11) is 0. The molecule has 1 fully saturated rings. The van der Waals surface area contributed by atoms with Crippen molar-refractivity contribution in [3.63, 3.8) is 0 Å². The van der Waals surface area contributed by atoms with E-state index < -0.39 is 0 Å². The van der Waals surface area contributed by atoms with Crippen molar-refractivity contribution in [2.75, 3.05) is 19.6 Å². The van der Waals surface area contributed by atoms with Crippen LogP contribution in [0.15, 0.2) is 65.0 Å². The molecule has 2 aliphatic rings. The Hall–Kier alpha value is -3.36. The van der Waals surface area contributed by atoms with Crippen molar-refractivity contribution in [3.8, 4) is 0 Å². The van der Waals surface area contributed by atoms with Gasteiger partial charge in [0.1, 0.15) is 0 Å². The van der Waals surface area contributed by atoms with E-state index in [1.54, 1.807) is 5.12 Å². The third-order valence-electron chi connectivity index (χ3n) is 6.54. The van der Waals surface area contributed by atoms with Gasteiger partial charge in [-0.15, -0.1) is 0 Å². The van der Waals surface area contributed by atoms with Crippen LogP contribution in [0.3, 0.4) is 0 Å². The molecule has 1 atom stereocenters. The van der Waals surface area contributed by atoms with Crippen LogP contribution < -0.4 is 16.6 Å². The number of allylic oxidation sites excluding steroid dienone is 1. The van der Waals surface area contributed by atoms with Gasteiger partial charge < -0.3 is 10.2 Å². The summed E-state index contributed by atoms with van der Waals surface area (Å²) in [5, 5.41) is 13.8. The maximum Gasteiger partial charge on any atom is 0.155 e. The Kier molecular flexibility index (Phi) is 6.26. The lowest BCUT2D eigenvalue weighted by Crippen LogP contribution is -2.55. The highest BCUT2D eigenvalue weighted by molar-refractivity contribution is 6.02. The molecule has 1 aromatic heterocycles. The molecular formula is C26H34N8. The van der Waals surface area contributed by atoms with Crippen LogP contribution in [-0.2, 0) is 6.42 Å². The van der Waals surface area contributed by atoms with Gasteiger partial charge in [-0.3, -0.25) is 10.5 Å². The summed E-state index contributed by atoms with van der Waals surface area (Å²) in [4.78, 5) is 7.56. The van der Waals surface area contributed by atoms with Crippen LogP contribution in [-0.4, -0.2) is 51.7 Å². The number of nitrogens with two attached hydrogens (primary N) is 1. The van der Waals surface area contributed by atoms with E-state index in [1.165, 1.54) is 5.56 Å². The molecule has 2 aliphatic heterocycles. The standard InChI is InChI=1S/C26H34N8/c1-17(2)13-21-16-33(12-11-28-21)26-24(14-19-7-5-4-6-8-19)34(27)32-25(29-26)20-9-10-23-22(15-20)18(3)30-31-23/h4-10,15,17,21,28H,11-14,16,27H2,1-3H3,(H,29,32)(H,30,31)/t21-/m0/s1. The second kappa shape index (κ2) is 9.48.